The Morgan fingerprint density at radius 1 is 1.21 bits per heavy atom. The summed E-state index contributed by atoms with van der Waals surface area (Å²) in [5, 5.41) is 7.32. The molecule has 1 amide bonds. The molecule has 0 aliphatic rings. The molecule has 0 spiro atoms. The minimum Gasteiger partial charge on any atom is -0.493 e. The number of benzene rings is 1. The molecule has 8 heteroatoms. The second-order valence-corrected chi connectivity index (χ2v) is 6.41. The second kappa shape index (κ2) is 9.23. The lowest BCUT2D eigenvalue weighted by Gasteiger charge is -2.16. The van der Waals surface area contributed by atoms with Gasteiger partial charge in [0.15, 0.2) is 23.0 Å². The summed E-state index contributed by atoms with van der Waals surface area (Å²) in [6.07, 6.45) is 4.13. The van der Waals surface area contributed by atoms with Crippen molar-refractivity contribution in [2.45, 2.75) is 26.0 Å². The van der Waals surface area contributed by atoms with Crippen molar-refractivity contribution in [2.24, 2.45) is 0 Å². The van der Waals surface area contributed by atoms with Crippen molar-refractivity contribution in [3.63, 3.8) is 0 Å². The van der Waals surface area contributed by atoms with Crippen LogP contribution in [0.3, 0.4) is 0 Å². The molecule has 146 valence electrons. The largest absolute Gasteiger partial charge is 0.493 e. The Balaban J connectivity index is 1.62. The summed E-state index contributed by atoms with van der Waals surface area (Å²) in [4.78, 5) is 16.5. The van der Waals surface area contributed by atoms with E-state index in [0.29, 0.717) is 22.3 Å². The number of carbonyl (C=O) groups is 1. The lowest BCUT2D eigenvalue weighted by molar-refractivity contribution is 0.0926. The monoisotopic (exact) mass is 401 g/mol. The van der Waals surface area contributed by atoms with Gasteiger partial charge in [-0.1, -0.05) is 23.7 Å². The van der Waals surface area contributed by atoms with Crippen molar-refractivity contribution >= 4 is 17.5 Å². The highest BCUT2D eigenvalue weighted by atomic mass is 35.5. The number of amides is 1. The Kier molecular flexibility index (Phi) is 6.49. The maximum atomic E-state index is 12.5. The normalized spacial score (nSPS) is 11.7. The molecule has 0 unspecified atom stereocenters. The first-order valence-electron chi connectivity index (χ1n) is 8.73. The fourth-order valence-corrected chi connectivity index (χ4v) is 2.81. The predicted molar refractivity (Wildman–Crippen MR) is 104 cm³/mol. The Morgan fingerprint density at radius 3 is 2.71 bits per heavy atom. The SMILES string of the molecule is CC[C@@H](NC(=O)c1cc(COc2ccc(Cl)cc2OC)on1)c1ccncc1. The van der Waals surface area contributed by atoms with Crippen LogP contribution in [0.1, 0.15) is 41.2 Å². The van der Waals surface area contributed by atoms with Crippen molar-refractivity contribution in [3.8, 4) is 11.5 Å². The van der Waals surface area contributed by atoms with E-state index in [1.165, 1.54) is 7.11 Å². The summed E-state index contributed by atoms with van der Waals surface area (Å²) >= 11 is 5.94. The number of nitrogens with one attached hydrogen (secondary N) is 1. The number of hydrogen-bond donors (Lipinski definition) is 1. The fraction of sp³-hybridized carbons (Fsp3) is 0.250. The van der Waals surface area contributed by atoms with Gasteiger partial charge in [0.05, 0.1) is 13.2 Å². The van der Waals surface area contributed by atoms with Gasteiger partial charge < -0.3 is 19.3 Å². The van der Waals surface area contributed by atoms with E-state index in [1.54, 1.807) is 36.7 Å². The average Bonchev–Trinajstić information content (AvgIpc) is 3.20. The molecular weight excluding hydrogens is 382 g/mol. The molecule has 1 N–H and O–H groups in total. The van der Waals surface area contributed by atoms with Gasteiger partial charge in [-0.05, 0) is 36.2 Å². The molecule has 0 fully saturated rings. The van der Waals surface area contributed by atoms with Gasteiger partial charge in [-0.2, -0.15) is 0 Å². The summed E-state index contributed by atoms with van der Waals surface area (Å²) < 4.78 is 16.1. The topological polar surface area (TPSA) is 86.5 Å². The molecule has 2 aromatic heterocycles. The van der Waals surface area contributed by atoms with Gasteiger partial charge >= 0.3 is 0 Å². The number of carbonyl (C=O) groups excluding carboxylic acids is 1. The van der Waals surface area contributed by atoms with Crippen LogP contribution in [0.15, 0.2) is 53.3 Å². The lowest BCUT2D eigenvalue weighted by atomic mass is 10.1. The van der Waals surface area contributed by atoms with E-state index < -0.39 is 0 Å². The number of nitrogens with zero attached hydrogens (tertiary/aromatic N) is 2. The Morgan fingerprint density at radius 2 is 2.00 bits per heavy atom. The van der Waals surface area contributed by atoms with Crippen molar-refractivity contribution in [1.82, 2.24) is 15.5 Å². The van der Waals surface area contributed by atoms with Crippen LogP contribution in [0.2, 0.25) is 5.02 Å². The molecule has 0 aliphatic carbocycles. The number of aromatic nitrogens is 2. The zero-order valence-corrected chi connectivity index (χ0v) is 16.3. The Hall–Kier alpha value is -3.06. The first-order chi connectivity index (χ1) is 13.6. The standard InChI is InChI=1S/C20H20ClN3O4/c1-3-16(13-6-8-22-9-7-13)23-20(25)17-11-15(28-24-17)12-27-18-5-4-14(21)10-19(18)26-2/h4-11,16H,3,12H2,1-2H3,(H,23,25)/t16-/m1/s1. The smallest absolute Gasteiger partial charge is 0.273 e. The first-order valence-corrected chi connectivity index (χ1v) is 9.11. The quantitative estimate of drug-likeness (QED) is 0.609. The van der Waals surface area contributed by atoms with Gasteiger partial charge in [-0.3, -0.25) is 9.78 Å². The van der Waals surface area contributed by atoms with E-state index >= 15 is 0 Å². The molecule has 0 bridgehead atoms. The zero-order valence-electron chi connectivity index (χ0n) is 15.5. The number of ether oxygens (including phenoxy) is 2. The highest BCUT2D eigenvalue weighted by Gasteiger charge is 2.18. The maximum absolute atomic E-state index is 12.5. The van der Waals surface area contributed by atoms with Gasteiger partial charge in [0.25, 0.3) is 5.91 Å². The van der Waals surface area contributed by atoms with Crippen molar-refractivity contribution in [1.29, 1.82) is 0 Å². The molecule has 2 heterocycles. The van der Waals surface area contributed by atoms with Crippen LogP contribution >= 0.6 is 11.6 Å². The molecule has 3 rings (SSSR count). The van der Waals surface area contributed by atoms with E-state index in [9.17, 15) is 4.79 Å². The summed E-state index contributed by atoms with van der Waals surface area (Å²) in [5.74, 6) is 1.12. The number of methoxy groups -OCH3 is 1. The predicted octanol–water partition coefficient (Wildman–Crippen LogP) is 4.19. The average molecular weight is 402 g/mol. The van der Waals surface area contributed by atoms with Crippen molar-refractivity contribution < 1.29 is 18.8 Å². The molecule has 1 atom stereocenters. The van der Waals surface area contributed by atoms with Gasteiger partial charge in [0, 0.05) is 29.5 Å². The minimum atomic E-state index is -0.317. The van der Waals surface area contributed by atoms with Gasteiger partial charge in [-0.25, -0.2) is 0 Å². The second-order valence-electron chi connectivity index (χ2n) is 5.98. The van der Waals surface area contributed by atoms with Crippen LogP contribution in [0, 0.1) is 0 Å². The summed E-state index contributed by atoms with van der Waals surface area (Å²) in [6, 6.07) is 10.2. The van der Waals surface area contributed by atoms with Crippen LogP contribution in [-0.2, 0) is 6.61 Å². The fourth-order valence-electron chi connectivity index (χ4n) is 2.65. The summed E-state index contributed by atoms with van der Waals surface area (Å²) in [7, 11) is 1.53. The number of pyridine rings is 1. The molecule has 0 radical (unpaired) electrons. The van der Waals surface area contributed by atoms with Crippen molar-refractivity contribution in [2.75, 3.05) is 7.11 Å². The third-order valence-corrected chi connectivity index (χ3v) is 4.34. The zero-order chi connectivity index (χ0) is 19.9. The molecule has 28 heavy (non-hydrogen) atoms. The highest BCUT2D eigenvalue weighted by Crippen LogP contribution is 2.30. The van der Waals surface area contributed by atoms with E-state index in [0.717, 1.165) is 12.0 Å². The third-order valence-electron chi connectivity index (χ3n) is 4.11. The molecule has 1 aromatic carbocycles. The van der Waals surface area contributed by atoms with Crippen LogP contribution in [0.4, 0.5) is 0 Å². The first kappa shape index (κ1) is 19.7. The van der Waals surface area contributed by atoms with Gasteiger partial charge in [0.1, 0.15) is 6.61 Å². The third kappa shape index (κ3) is 4.80. The molecule has 3 aromatic rings. The van der Waals surface area contributed by atoms with Crippen LogP contribution in [-0.4, -0.2) is 23.2 Å². The number of halogens is 1. The van der Waals surface area contributed by atoms with Crippen LogP contribution in [0.5, 0.6) is 11.5 Å². The van der Waals surface area contributed by atoms with Gasteiger partial charge in [0.2, 0.25) is 0 Å². The number of rotatable bonds is 8. The number of hydrogen-bond acceptors (Lipinski definition) is 6. The van der Waals surface area contributed by atoms with Crippen LogP contribution in [0.25, 0.3) is 0 Å². The lowest BCUT2D eigenvalue weighted by Crippen LogP contribution is -2.28. The van der Waals surface area contributed by atoms with Crippen LogP contribution < -0.4 is 14.8 Å². The molecule has 0 saturated heterocycles. The van der Waals surface area contributed by atoms with Crippen molar-refractivity contribution in [3.05, 3.63) is 70.8 Å². The Labute approximate surface area is 167 Å². The van der Waals surface area contributed by atoms with E-state index in [-0.39, 0.29) is 24.2 Å². The van der Waals surface area contributed by atoms with Gasteiger partial charge in [-0.15, -0.1) is 0 Å². The summed E-state index contributed by atoms with van der Waals surface area (Å²) in [5.41, 5.74) is 1.17. The minimum absolute atomic E-state index is 0.0971. The van der Waals surface area contributed by atoms with E-state index in [2.05, 4.69) is 15.5 Å². The van der Waals surface area contributed by atoms with E-state index in [4.69, 9.17) is 25.6 Å². The maximum Gasteiger partial charge on any atom is 0.273 e. The molecule has 7 nitrogen and oxygen atoms in total. The molecular formula is C20H20ClN3O4. The highest BCUT2D eigenvalue weighted by molar-refractivity contribution is 6.30. The Bertz CT molecular complexity index is 930. The summed E-state index contributed by atoms with van der Waals surface area (Å²) in [6.45, 7) is 2.09. The van der Waals surface area contributed by atoms with E-state index in [1.807, 2.05) is 19.1 Å². The molecule has 0 aliphatic heterocycles. The molecule has 0 saturated carbocycles.